The molecule has 0 radical (unpaired) electrons. The molecule has 1 aromatic heterocycles. The monoisotopic (exact) mass is 296 g/mol. The maximum Gasteiger partial charge on any atom is 0.274 e. The summed E-state index contributed by atoms with van der Waals surface area (Å²) in [5.41, 5.74) is 3.08. The lowest BCUT2D eigenvalue weighted by atomic mass is 10.1. The van der Waals surface area contributed by atoms with Gasteiger partial charge in [0.15, 0.2) is 0 Å². The average molecular weight is 296 g/mol. The number of hydrogen-bond acceptors (Lipinski definition) is 2. The number of aryl methyl sites for hydroxylation is 2. The molecule has 1 saturated heterocycles. The van der Waals surface area contributed by atoms with Crippen molar-refractivity contribution in [1.29, 1.82) is 0 Å². The van der Waals surface area contributed by atoms with E-state index in [0.717, 1.165) is 48.7 Å². The van der Waals surface area contributed by atoms with Gasteiger partial charge in [0.1, 0.15) is 13.1 Å². The number of nitrogens with one attached hydrogen (secondary N) is 1. The first-order valence-corrected chi connectivity index (χ1v) is 7.73. The lowest BCUT2D eigenvalue weighted by Crippen LogP contribution is -2.50. The van der Waals surface area contributed by atoms with Crippen molar-refractivity contribution in [1.82, 2.24) is 4.90 Å². The van der Waals surface area contributed by atoms with Crippen molar-refractivity contribution < 1.29 is 9.78 Å². The molecule has 0 unspecified atom stereocenters. The van der Waals surface area contributed by atoms with Gasteiger partial charge in [-0.3, -0.25) is 9.69 Å². The summed E-state index contributed by atoms with van der Waals surface area (Å²) in [7, 11) is 0. The van der Waals surface area contributed by atoms with Gasteiger partial charge in [0.05, 0.1) is 19.3 Å². The molecular formula is C18H22N3O+. The molecule has 3 rings (SSSR count). The van der Waals surface area contributed by atoms with Crippen molar-refractivity contribution >= 4 is 11.7 Å². The molecule has 1 aliphatic rings. The molecule has 1 aromatic carbocycles. The fourth-order valence-electron chi connectivity index (χ4n) is 3.01. The van der Waals surface area contributed by atoms with Gasteiger partial charge < -0.3 is 4.90 Å². The van der Waals surface area contributed by atoms with E-state index in [-0.39, 0.29) is 5.91 Å². The zero-order chi connectivity index (χ0) is 15.5. The van der Waals surface area contributed by atoms with E-state index >= 15 is 0 Å². The fourth-order valence-corrected chi connectivity index (χ4v) is 3.01. The molecule has 2 aromatic rings. The van der Waals surface area contributed by atoms with Crippen LogP contribution < -0.4 is 9.88 Å². The molecule has 2 heterocycles. The minimum absolute atomic E-state index is 0.142. The number of benzene rings is 1. The third-order valence-corrected chi connectivity index (χ3v) is 4.07. The van der Waals surface area contributed by atoms with Gasteiger partial charge in [-0.2, -0.15) is 0 Å². The second-order valence-corrected chi connectivity index (χ2v) is 5.90. The third-order valence-electron chi connectivity index (χ3n) is 4.07. The van der Waals surface area contributed by atoms with Gasteiger partial charge in [-0.15, -0.1) is 0 Å². The van der Waals surface area contributed by atoms with E-state index in [0.29, 0.717) is 0 Å². The number of nitrogens with zero attached hydrogens (tertiary/aromatic N) is 2. The normalized spacial score (nSPS) is 15.0. The van der Waals surface area contributed by atoms with Crippen molar-refractivity contribution in [2.45, 2.75) is 13.8 Å². The van der Waals surface area contributed by atoms with Gasteiger partial charge in [0, 0.05) is 11.6 Å². The third kappa shape index (κ3) is 3.11. The SMILES string of the molecule is Cc1cc(C)cc(C(=O)N2CCN(c3cccc[nH+]3)CC2)c1. The molecule has 0 aliphatic carbocycles. The molecule has 22 heavy (non-hydrogen) atoms. The van der Waals surface area contributed by atoms with Crippen LogP contribution in [0, 0.1) is 13.8 Å². The predicted octanol–water partition coefficient (Wildman–Crippen LogP) is 2.08. The summed E-state index contributed by atoms with van der Waals surface area (Å²) in [4.78, 5) is 20.1. The van der Waals surface area contributed by atoms with Crippen molar-refractivity contribution in [3.05, 3.63) is 59.3 Å². The summed E-state index contributed by atoms with van der Waals surface area (Å²) < 4.78 is 0. The number of hydrogen-bond donors (Lipinski definition) is 0. The van der Waals surface area contributed by atoms with Crippen LogP contribution in [-0.4, -0.2) is 37.0 Å². The highest BCUT2D eigenvalue weighted by Crippen LogP contribution is 2.15. The van der Waals surface area contributed by atoms with E-state index < -0.39 is 0 Å². The minimum Gasteiger partial charge on any atom is -0.331 e. The molecule has 0 saturated carbocycles. The standard InChI is InChI=1S/C18H21N3O/c1-14-11-15(2)13-16(12-14)18(22)21-9-7-20(8-10-21)17-5-3-4-6-19-17/h3-6,11-13H,7-10H2,1-2H3/p+1. The van der Waals surface area contributed by atoms with Crippen molar-refractivity contribution in [3.63, 3.8) is 0 Å². The first-order valence-electron chi connectivity index (χ1n) is 7.73. The summed E-state index contributed by atoms with van der Waals surface area (Å²) in [5, 5.41) is 0. The van der Waals surface area contributed by atoms with Crippen LogP contribution in [0.3, 0.4) is 0 Å². The van der Waals surface area contributed by atoms with Crippen LogP contribution in [-0.2, 0) is 0 Å². The topological polar surface area (TPSA) is 37.7 Å². The number of piperazine rings is 1. The van der Waals surface area contributed by atoms with Crippen LogP contribution in [0.2, 0.25) is 0 Å². The Hall–Kier alpha value is -2.36. The van der Waals surface area contributed by atoms with Gasteiger partial charge >= 0.3 is 0 Å². The largest absolute Gasteiger partial charge is 0.331 e. The minimum atomic E-state index is 0.142. The number of carbonyl (C=O) groups is 1. The Morgan fingerprint density at radius 1 is 1.00 bits per heavy atom. The Balaban J connectivity index is 1.67. The van der Waals surface area contributed by atoms with Crippen molar-refractivity contribution in [2.75, 3.05) is 31.1 Å². The predicted molar refractivity (Wildman–Crippen MR) is 87.0 cm³/mol. The Morgan fingerprint density at radius 2 is 1.68 bits per heavy atom. The lowest BCUT2D eigenvalue weighted by molar-refractivity contribution is -0.364. The van der Waals surface area contributed by atoms with Gasteiger partial charge in [-0.05, 0) is 32.0 Å². The second-order valence-electron chi connectivity index (χ2n) is 5.90. The van der Waals surface area contributed by atoms with Crippen LogP contribution in [0.4, 0.5) is 5.82 Å². The molecule has 1 fully saturated rings. The highest BCUT2D eigenvalue weighted by atomic mass is 16.2. The van der Waals surface area contributed by atoms with Crippen LogP contribution >= 0.6 is 0 Å². The van der Waals surface area contributed by atoms with E-state index in [1.807, 2.05) is 49.2 Å². The van der Waals surface area contributed by atoms with Crippen LogP contribution in [0.25, 0.3) is 0 Å². The molecule has 1 amide bonds. The first-order chi connectivity index (χ1) is 10.6. The Morgan fingerprint density at radius 3 is 2.27 bits per heavy atom. The maximum atomic E-state index is 12.6. The molecule has 1 N–H and O–H groups in total. The molecule has 114 valence electrons. The van der Waals surface area contributed by atoms with E-state index in [9.17, 15) is 4.79 Å². The first kappa shape index (κ1) is 14.6. The highest BCUT2D eigenvalue weighted by molar-refractivity contribution is 5.94. The second kappa shape index (κ2) is 6.18. The van der Waals surface area contributed by atoms with E-state index in [1.54, 1.807) is 0 Å². The zero-order valence-corrected chi connectivity index (χ0v) is 13.2. The number of aromatic amines is 1. The quantitative estimate of drug-likeness (QED) is 0.851. The molecule has 0 spiro atoms. The summed E-state index contributed by atoms with van der Waals surface area (Å²) in [6.45, 7) is 7.30. The number of anilines is 1. The van der Waals surface area contributed by atoms with Crippen LogP contribution in [0.1, 0.15) is 21.5 Å². The van der Waals surface area contributed by atoms with Crippen molar-refractivity contribution in [2.24, 2.45) is 0 Å². The summed E-state index contributed by atoms with van der Waals surface area (Å²) in [6, 6.07) is 12.1. The number of amides is 1. The summed E-state index contributed by atoms with van der Waals surface area (Å²) >= 11 is 0. The smallest absolute Gasteiger partial charge is 0.274 e. The van der Waals surface area contributed by atoms with Crippen LogP contribution in [0.15, 0.2) is 42.6 Å². The Labute approximate surface area is 131 Å². The highest BCUT2D eigenvalue weighted by Gasteiger charge is 2.26. The van der Waals surface area contributed by atoms with Crippen molar-refractivity contribution in [3.8, 4) is 0 Å². The summed E-state index contributed by atoms with van der Waals surface area (Å²) in [6.07, 6.45) is 1.93. The van der Waals surface area contributed by atoms with Gasteiger partial charge in [-0.25, -0.2) is 4.98 Å². The lowest BCUT2D eigenvalue weighted by Gasteiger charge is -2.31. The number of rotatable bonds is 2. The fraction of sp³-hybridized carbons (Fsp3) is 0.333. The average Bonchev–Trinajstić information content (AvgIpc) is 2.54. The Bertz CT molecular complexity index is 641. The van der Waals surface area contributed by atoms with Gasteiger partial charge in [0.2, 0.25) is 0 Å². The van der Waals surface area contributed by atoms with E-state index in [4.69, 9.17) is 0 Å². The maximum absolute atomic E-state index is 12.6. The van der Waals surface area contributed by atoms with E-state index in [2.05, 4.69) is 22.0 Å². The van der Waals surface area contributed by atoms with Gasteiger partial charge in [-0.1, -0.05) is 23.3 Å². The molecule has 4 nitrogen and oxygen atoms in total. The number of pyridine rings is 1. The number of aromatic nitrogens is 1. The van der Waals surface area contributed by atoms with Gasteiger partial charge in [0.25, 0.3) is 11.7 Å². The zero-order valence-electron chi connectivity index (χ0n) is 13.2. The Kier molecular flexibility index (Phi) is 4.09. The molecular weight excluding hydrogens is 274 g/mol. The van der Waals surface area contributed by atoms with Crippen LogP contribution in [0.5, 0.6) is 0 Å². The summed E-state index contributed by atoms with van der Waals surface area (Å²) in [5.74, 6) is 1.25. The van der Waals surface area contributed by atoms with E-state index in [1.165, 1.54) is 0 Å². The number of H-pyrrole nitrogens is 1. The molecule has 4 heteroatoms. The molecule has 0 atom stereocenters. The molecule has 1 aliphatic heterocycles. The molecule has 0 bridgehead atoms. The number of carbonyl (C=O) groups excluding carboxylic acids is 1.